The maximum Gasteiger partial charge on any atom is 0.290 e. The molecule has 0 saturated carbocycles. The topological polar surface area (TPSA) is 96.3 Å². The number of rotatable bonds is 41. The fourth-order valence-corrected chi connectivity index (χ4v) is 8.80. The van der Waals surface area contributed by atoms with Crippen molar-refractivity contribution in [1.82, 2.24) is 4.90 Å². The first-order chi connectivity index (χ1) is 29.4. The average molecular weight is 856 g/mol. The van der Waals surface area contributed by atoms with Crippen molar-refractivity contribution in [2.45, 2.75) is 285 Å². The van der Waals surface area contributed by atoms with Gasteiger partial charge in [0.15, 0.2) is 5.79 Å². The quantitative estimate of drug-likeness (QED) is 0.0467. The maximum atomic E-state index is 10.5. The van der Waals surface area contributed by atoms with Gasteiger partial charge in [-0.25, -0.2) is 0 Å². The molecule has 2 N–H and O–H groups in total. The van der Waals surface area contributed by atoms with Gasteiger partial charge in [-0.2, -0.15) is 0 Å². The van der Waals surface area contributed by atoms with E-state index in [2.05, 4.69) is 53.4 Å². The van der Waals surface area contributed by atoms with Crippen LogP contribution in [-0.4, -0.2) is 73.1 Å². The second-order valence-corrected chi connectivity index (χ2v) is 17.9. The lowest BCUT2D eigenvalue weighted by Crippen LogP contribution is -2.36. The first-order valence-electron chi connectivity index (χ1n) is 26.4. The Morgan fingerprint density at radius 1 is 0.533 bits per heavy atom. The van der Waals surface area contributed by atoms with Crippen molar-refractivity contribution < 1.29 is 29.3 Å². The van der Waals surface area contributed by atoms with E-state index in [1.54, 1.807) is 0 Å². The van der Waals surface area contributed by atoms with E-state index >= 15 is 0 Å². The number of carbonyl (C=O) groups is 2. The molecule has 1 rings (SSSR count). The third-order valence-electron chi connectivity index (χ3n) is 12.8. The van der Waals surface area contributed by atoms with Crippen molar-refractivity contribution in [2.24, 2.45) is 11.8 Å². The summed E-state index contributed by atoms with van der Waals surface area (Å²) in [6.45, 7) is 19.7. The summed E-state index contributed by atoms with van der Waals surface area (Å²) in [6.07, 6.45) is 48.0. The molecule has 0 amide bonds. The molecule has 1 saturated heterocycles. The number of hydrogen-bond acceptors (Lipinski definition) is 6. The number of hydrogen-bond donors (Lipinski definition) is 2. The normalized spacial score (nSPS) is 16.0. The van der Waals surface area contributed by atoms with E-state index in [1.807, 2.05) is 0 Å². The van der Waals surface area contributed by atoms with Gasteiger partial charge in [0.2, 0.25) is 0 Å². The lowest BCUT2D eigenvalue weighted by molar-refractivity contribution is -0.180. The molecule has 2 atom stereocenters. The number of aldehydes is 1. The summed E-state index contributed by atoms with van der Waals surface area (Å²) in [5.74, 6) is 1.67. The van der Waals surface area contributed by atoms with Crippen LogP contribution in [0, 0.1) is 11.8 Å². The zero-order chi connectivity index (χ0) is 45.2. The van der Waals surface area contributed by atoms with Crippen LogP contribution < -0.4 is 0 Å². The highest BCUT2D eigenvalue weighted by molar-refractivity contribution is 5.48. The number of aliphatic hydroxyl groups is 1. The van der Waals surface area contributed by atoms with Gasteiger partial charge in [-0.15, -0.1) is 0 Å². The van der Waals surface area contributed by atoms with Gasteiger partial charge in [0.25, 0.3) is 6.47 Å². The molecule has 2 unspecified atom stereocenters. The smallest absolute Gasteiger partial charge is 0.290 e. The molecule has 1 aliphatic heterocycles. The summed E-state index contributed by atoms with van der Waals surface area (Å²) < 4.78 is 13.2. The van der Waals surface area contributed by atoms with Crippen molar-refractivity contribution >= 4 is 12.8 Å². The average Bonchev–Trinajstić information content (AvgIpc) is 3.67. The van der Waals surface area contributed by atoms with Crippen LogP contribution in [0.2, 0.25) is 0 Å². The third-order valence-corrected chi connectivity index (χ3v) is 12.8. The lowest BCUT2D eigenvalue weighted by atomic mass is 9.90. The molecule has 1 heterocycles. The maximum absolute atomic E-state index is 10.5. The first kappa shape index (κ1) is 63.3. The Bertz CT molecular complexity index is 790. The largest absolute Gasteiger partial charge is 0.483 e. The van der Waals surface area contributed by atoms with E-state index in [1.165, 1.54) is 199 Å². The van der Waals surface area contributed by atoms with Gasteiger partial charge >= 0.3 is 0 Å². The predicted octanol–water partition coefficient (Wildman–Crippen LogP) is 15.9. The summed E-state index contributed by atoms with van der Waals surface area (Å²) in [4.78, 5) is 21.3. The van der Waals surface area contributed by atoms with E-state index in [0.717, 1.165) is 77.2 Å². The molecule has 60 heavy (non-hydrogen) atoms. The summed E-state index contributed by atoms with van der Waals surface area (Å²) in [5, 5.41) is 13.9. The molecule has 1 aliphatic rings. The summed E-state index contributed by atoms with van der Waals surface area (Å²) in [5.41, 5.74) is 0. The van der Waals surface area contributed by atoms with Crippen LogP contribution in [0.4, 0.5) is 0 Å². The van der Waals surface area contributed by atoms with Gasteiger partial charge < -0.3 is 29.4 Å². The Morgan fingerprint density at radius 2 is 0.883 bits per heavy atom. The highest BCUT2D eigenvalue weighted by atomic mass is 16.7. The molecular weight excluding hydrogens is 747 g/mol. The molecule has 0 aromatic carbocycles. The van der Waals surface area contributed by atoms with E-state index in [9.17, 15) is 4.79 Å². The number of carboxylic acid groups (broad SMARTS) is 1. The predicted molar refractivity (Wildman–Crippen MR) is 261 cm³/mol. The van der Waals surface area contributed by atoms with Gasteiger partial charge in [0.05, 0.1) is 12.7 Å². The highest BCUT2D eigenvalue weighted by Crippen LogP contribution is 2.35. The molecular formula is C53H109NO6. The minimum atomic E-state index is -0.347. The fraction of sp³-hybridized carbons (Fsp3) is 0.962. The van der Waals surface area contributed by atoms with Crippen molar-refractivity contribution in [2.75, 3.05) is 33.4 Å². The molecule has 1 fully saturated rings. The minimum Gasteiger partial charge on any atom is -0.483 e. The number of ether oxygens (including phenoxy) is 2. The molecule has 0 spiro atoms. The third kappa shape index (κ3) is 42.3. The van der Waals surface area contributed by atoms with E-state index in [0.29, 0.717) is 0 Å². The van der Waals surface area contributed by atoms with Gasteiger partial charge in [-0.1, -0.05) is 235 Å². The van der Waals surface area contributed by atoms with Crippen LogP contribution in [0.1, 0.15) is 273 Å². The van der Waals surface area contributed by atoms with Gasteiger partial charge in [-0.3, -0.25) is 4.79 Å². The summed E-state index contributed by atoms with van der Waals surface area (Å²) >= 11 is 0. The molecule has 0 aromatic heterocycles. The van der Waals surface area contributed by atoms with E-state index in [4.69, 9.17) is 24.5 Å². The van der Waals surface area contributed by atoms with Crippen LogP contribution in [0.15, 0.2) is 0 Å². The van der Waals surface area contributed by atoms with Crippen LogP contribution in [-0.2, 0) is 19.1 Å². The van der Waals surface area contributed by atoms with Gasteiger partial charge in [0.1, 0.15) is 6.29 Å². The lowest BCUT2D eigenvalue weighted by Gasteiger charge is -2.29. The Hall–Kier alpha value is -1.02. The summed E-state index contributed by atoms with van der Waals surface area (Å²) in [6, 6.07) is 0. The molecule has 0 aromatic rings. The Balaban J connectivity index is -0.00000151. The minimum absolute atomic E-state index is 0.214. The number of aliphatic hydroxyl groups excluding tert-OH is 1. The van der Waals surface area contributed by atoms with E-state index < -0.39 is 0 Å². The van der Waals surface area contributed by atoms with Gasteiger partial charge in [-0.05, 0) is 44.2 Å². The Morgan fingerprint density at radius 3 is 1.25 bits per heavy atom. The second-order valence-electron chi connectivity index (χ2n) is 17.9. The van der Waals surface area contributed by atoms with Crippen LogP contribution in [0.25, 0.3) is 0 Å². The Labute approximate surface area is 376 Å². The molecule has 7 nitrogen and oxygen atoms in total. The monoisotopic (exact) mass is 856 g/mol. The summed E-state index contributed by atoms with van der Waals surface area (Å²) in [7, 11) is 1.00. The van der Waals surface area contributed by atoms with Crippen LogP contribution >= 0.6 is 0 Å². The molecule has 0 aliphatic carbocycles. The molecule has 0 bridgehead atoms. The standard InChI is InChI=1S/C38H75NO3.C13H28.CH2O2.CH4O/c1-5-9-22-28-36(29-23-10-6-2)30-24-18-14-11-12-15-19-25-31-38(32-26-20-16-13-17-21-27-33-40)41-35-37(42-38)34-39(7-3)8-4;1-4-7-9-11-13(6-3)12-10-8-5-2;2-1-3;1-2/h33,36-37H,5-32,34-35H2,1-4H3;13H,4-12H2,1-3H3;1H,(H,2,3);2H,1H3. The highest BCUT2D eigenvalue weighted by Gasteiger charge is 2.40. The zero-order valence-electron chi connectivity index (χ0n) is 41.9. The van der Waals surface area contributed by atoms with Gasteiger partial charge in [0, 0.05) is 32.9 Å². The van der Waals surface area contributed by atoms with Crippen molar-refractivity contribution in [3.63, 3.8) is 0 Å². The first-order valence-corrected chi connectivity index (χ1v) is 26.4. The SMILES string of the molecule is CCCCCC(CC)CCCCC.CCCCCC(CCCCC)CCCCCCCCCCC1(CCCCCCCCC=O)OCC(CN(CC)CC)O1.CO.O=CO. The van der Waals surface area contributed by atoms with Crippen LogP contribution in [0.5, 0.6) is 0 Å². The second kappa shape index (κ2) is 52.3. The Kier molecular flexibility index (Phi) is 55.2. The van der Waals surface area contributed by atoms with Crippen molar-refractivity contribution in [3.05, 3.63) is 0 Å². The number of unbranched alkanes of at least 4 members (excludes halogenated alkanes) is 21. The number of likely N-dealkylation sites (N-methyl/N-ethyl adjacent to an activating group) is 1. The van der Waals surface area contributed by atoms with E-state index in [-0.39, 0.29) is 18.4 Å². The molecule has 362 valence electrons. The van der Waals surface area contributed by atoms with Crippen molar-refractivity contribution in [3.8, 4) is 0 Å². The molecule has 0 radical (unpaired) electrons. The zero-order valence-corrected chi connectivity index (χ0v) is 41.9. The number of nitrogens with zero attached hydrogens (tertiary/aromatic N) is 1. The number of carbonyl (C=O) groups excluding carboxylic acids is 1. The van der Waals surface area contributed by atoms with Crippen molar-refractivity contribution in [1.29, 1.82) is 0 Å². The van der Waals surface area contributed by atoms with Crippen LogP contribution in [0.3, 0.4) is 0 Å². The molecule has 7 heteroatoms. The fourth-order valence-electron chi connectivity index (χ4n) is 8.80.